The molecule has 0 radical (unpaired) electrons. The second-order valence-corrected chi connectivity index (χ2v) is 6.61. The third-order valence-electron chi connectivity index (χ3n) is 4.83. The minimum atomic E-state index is -0.505. The first-order valence-electron chi connectivity index (χ1n) is 8.24. The van der Waals surface area contributed by atoms with Crippen molar-refractivity contribution in [2.75, 3.05) is 7.11 Å². The Morgan fingerprint density at radius 2 is 1.48 bits per heavy atom. The van der Waals surface area contributed by atoms with Crippen molar-refractivity contribution in [3.05, 3.63) is 101 Å². The summed E-state index contributed by atoms with van der Waals surface area (Å²) in [6.07, 6.45) is 1.80. The average molecular weight is 348 g/mol. The van der Waals surface area contributed by atoms with E-state index in [9.17, 15) is 0 Å². The number of halogens is 1. The van der Waals surface area contributed by atoms with Crippen LogP contribution in [-0.4, -0.2) is 13.3 Å². The molecule has 3 aromatic rings. The number of aliphatic imine (C=N–C) groups is 1. The Hall–Kier alpha value is -2.42. The Balaban J connectivity index is 2.02. The van der Waals surface area contributed by atoms with Crippen molar-refractivity contribution < 1.29 is 4.74 Å². The number of ether oxygens (including phenoxy) is 1. The van der Waals surface area contributed by atoms with E-state index in [2.05, 4.69) is 24.3 Å². The second-order valence-electron chi connectivity index (χ2n) is 6.18. The number of fused-ring (bicyclic) bond motifs is 1. The first-order valence-corrected chi connectivity index (χ1v) is 8.62. The fraction of sp³-hybridized carbons (Fsp3) is 0.136. The Kier molecular flexibility index (Phi) is 4.16. The van der Waals surface area contributed by atoms with Crippen molar-refractivity contribution in [2.45, 2.75) is 11.5 Å². The number of nitrogens with zero attached hydrogens (tertiary/aromatic N) is 1. The molecule has 1 aliphatic heterocycles. The van der Waals surface area contributed by atoms with Crippen LogP contribution in [0.4, 0.5) is 5.69 Å². The molecule has 0 N–H and O–H groups in total. The molecule has 0 spiro atoms. The summed E-state index contributed by atoms with van der Waals surface area (Å²) in [7, 11) is 1.75. The van der Waals surface area contributed by atoms with Gasteiger partial charge in [-0.05, 0) is 29.3 Å². The van der Waals surface area contributed by atoms with E-state index in [1.54, 1.807) is 7.11 Å². The molecule has 0 amide bonds. The van der Waals surface area contributed by atoms with Crippen LogP contribution in [0.3, 0.4) is 0 Å². The van der Waals surface area contributed by atoms with Gasteiger partial charge >= 0.3 is 0 Å². The maximum absolute atomic E-state index is 6.28. The van der Waals surface area contributed by atoms with Gasteiger partial charge in [-0.25, -0.2) is 0 Å². The number of hydrogen-bond acceptors (Lipinski definition) is 2. The summed E-state index contributed by atoms with van der Waals surface area (Å²) in [6, 6.07) is 26.5. The average Bonchev–Trinajstić information content (AvgIpc) is 2.68. The Morgan fingerprint density at radius 1 is 0.880 bits per heavy atom. The molecule has 3 aromatic carbocycles. The molecule has 0 aromatic heterocycles. The third kappa shape index (κ3) is 2.58. The summed E-state index contributed by atoms with van der Waals surface area (Å²) in [6.45, 7) is 0. The molecule has 124 valence electrons. The van der Waals surface area contributed by atoms with Gasteiger partial charge in [-0.2, -0.15) is 0 Å². The zero-order valence-electron chi connectivity index (χ0n) is 13.9. The summed E-state index contributed by atoms with van der Waals surface area (Å²) < 4.78 is 6.05. The highest BCUT2D eigenvalue weighted by Gasteiger charge is 2.45. The summed E-state index contributed by atoms with van der Waals surface area (Å²) >= 11 is 6.28. The van der Waals surface area contributed by atoms with Crippen LogP contribution >= 0.6 is 11.6 Å². The molecule has 0 bridgehead atoms. The molecule has 3 heteroatoms. The second kappa shape index (κ2) is 6.47. The van der Waals surface area contributed by atoms with Crippen molar-refractivity contribution in [3.8, 4) is 0 Å². The van der Waals surface area contributed by atoms with E-state index >= 15 is 0 Å². The largest absolute Gasteiger partial charge is 0.375 e. The number of benzene rings is 3. The maximum Gasteiger partial charge on any atom is 0.103 e. The molecule has 4 rings (SSSR count). The van der Waals surface area contributed by atoms with E-state index < -0.39 is 5.41 Å². The molecule has 0 saturated carbocycles. The van der Waals surface area contributed by atoms with Gasteiger partial charge in [0.05, 0.1) is 11.1 Å². The van der Waals surface area contributed by atoms with Crippen molar-refractivity contribution in [1.29, 1.82) is 0 Å². The molecule has 1 atom stereocenters. The van der Waals surface area contributed by atoms with E-state index in [0.29, 0.717) is 5.02 Å². The van der Waals surface area contributed by atoms with Crippen molar-refractivity contribution >= 4 is 23.5 Å². The lowest BCUT2D eigenvalue weighted by Gasteiger charge is -2.41. The Labute approximate surface area is 152 Å². The molecule has 1 aliphatic rings. The van der Waals surface area contributed by atoms with Gasteiger partial charge in [0.25, 0.3) is 0 Å². The highest BCUT2D eigenvalue weighted by Crippen LogP contribution is 2.49. The van der Waals surface area contributed by atoms with Crippen LogP contribution in [0.25, 0.3) is 0 Å². The predicted molar refractivity (Wildman–Crippen MR) is 103 cm³/mol. The minimum Gasteiger partial charge on any atom is -0.375 e. The zero-order valence-corrected chi connectivity index (χ0v) is 14.6. The van der Waals surface area contributed by atoms with Gasteiger partial charge in [0, 0.05) is 23.9 Å². The van der Waals surface area contributed by atoms with Gasteiger partial charge < -0.3 is 4.74 Å². The molecular weight excluding hydrogens is 330 g/mol. The molecule has 1 heterocycles. The molecule has 1 unspecified atom stereocenters. The van der Waals surface area contributed by atoms with E-state index in [0.717, 1.165) is 22.4 Å². The topological polar surface area (TPSA) is 21.6 Å². The van der Waals surface area contributed by atoms with Crippen LogP contribution in [0.5, 0.6) is 0 Å². The molecule has 0 fully saturated rings. The van der Waals surface area contributed by atoms with Gasteiger partial charge in [0.2, 0.25) is 0 Å². The quantitative estimate of drug-likeness (QED) is 0.593. The highest BCUT2D eigenvalue weighted by molar-refractivity contribution is 6.30. The lowest BCUT2D eigenvalue weighted by molar-refractivity contribution is 0.0715. The van der Waals surface area contributed by atoms with E-state index in [1.807, 2.05) is 60.8 Å². The van der Waals surface area contributed by atoms with Crippen LogP contribution < -0.4 is 0 Å². The van der Waals surface area contributed by atoms with Crippen LogP contribution in [0.1, 0.15) is 22.8 Å². The maximum atomic E-state index is 6.28. The van der Waals surface area contributed by atoms with Crippen molar-refractivity contribution in [3.63, 3.8) is 0 Å². The summed E-state index contributed by atoms with van der Waals surface area (Å²) in [5.41, 5.74) is 3.68. The van der Waals surface area contributed by atoms with Crippen molar-refractivity contribution in [2.24, 2.45) is 4.99 Å². The van der Waals surface area contributed by atoms with Gasteiger partial charge in [-0.15, -0.1) is 0 Å². The standard InChI is InChI=1S/C22H18ClNO/c1-25-21-19-14-18(23)12-13-20(19)24-15-22(21,16-8-4-2-5-9-16)17-10-6-3-7-11-17/h2-15,21H,1H3. The lowest BCUT2D eigenvalue weighted by Crippen LogP contribution is -2.39. The number of hydrogen-bond donors (Lipinski definition) is 0. The fourth-order valence-corrected chi connectivity index (χ4v) is 3.88. The van der Waals surface area contributed by atoms with Crippen molar-refractivity contribution in [1.82, 2.24) is 0 Å². The first kappa shape index (κ1) is 16.1. The van der Waals surface area contributed by atoms with E-state index in [4.69, 9.17) is 21.3 Å². The van der Waals surface area contributed by atoms with E-state index in [1.165, 1.54) is 0 Å². The summed E-state index contributed by atoms with van der Waals surface area (Å²) in [5, 5.41) is 0.688. The number of rotatable bonds is 3. The normalized spacial score (nSPS) is 17.9. The van der Waals surface area contributed by atoms with Crippen LogP contribution in [-0.2, 0) is 10.2 Å². The molecule has 25 heavy (non-hydrogen) atoms. The molecular formula is C22H18ClNO. The predicted octanol–water partition coefficient (Wildman–Crippen LogP) is 5.73. The molecule has 2 nitrogen and oxygen atoms in total. The first-order chi connectivity index (χ1) is 12.3. The van der Waals surface area contributed by atoms with Gasteiger partial charge in [0.1, 0.15) is 6.10 Å². The minimum absolute atomic E-state index is 0.219. The monoisotopic (exact) mass is 347 g/mol. The van der Waals surface area contributed by atoms with Crippen LogP contribution in [0.2, 0.25) is 5.02 Å². The summed E-state index contributed by atoms with van der Waals surface area (Å²) in [5.74, 6) is 0. The molecule has 0 saturated heterocycles. The van der Waals surface area contributed by atoms with Gasteiger partial charge in [-0.3, -0.25) is 4.99 Å². The summed E-state index contributed by atoms with van der Waals surface area (Å²) in [4.78, 5) is 4.78. The lowest BCUT2D eigenvalue weighted by atomic mass is 9.68. The Bertz CT molecular complexity index is 866. The van der Waals surface area contributed by atoms with Crippen LogP contribution in [0.15, 0.2) is 83.9 Å². The van der Waals surface area contributed by atoms with Crippen LogP contribution in [0, 0.1) is 0 Å². The van der Waals surface area contributed by atoms with E-state index in [-0.39, 0.29) is 6.10 Å². The Morgan fingerprint density at radius 3 is 2.04 bits per heavy atom. The smallest absolute Gasteiger partial charge is 0.103 e. The SMILES string of the molecule is COC1c2cc(Cl)ccc2N=CC1(c1ccccc1)c1ccccc1. The third-order valence-corrected chi connectivity index (χ3v) is 5.07. The van der Waals surface area contributed by atoms with Gasteiger partial charge in [0.15, 0.2) is 0 Å². The fourth-order valence-electron chi connectivity index (χ4n) is 3.70. The molecule has 0 aliphatic carbocycles. The zero-order chi connectivity index (χ0) is 17.3. The number of methoxy groups -OCH3 is 1. The highest BCUT2D eigenvalue weighted by atomic mass is 35.5. The van der Waals surface area contributed by atoms with Gasteiger partial charge in [-0.1, -0.05) is 72.3 Å².